The van der Waals surface area contributed by atoms with E-state index in [0.29, 0.717) is 16.9 Å². The van der Waals surface area contributed by atoms with E-state index in [1.54, 1.807) is 6.07 Å². The molecule has 0 bridgehead atoms. The quantitative estimate of drug-likeness (QED) is 0.534. The summed E-state index contributed by atoms with van der Waals surface area (Å²) in [5.74, 6) is -0.775. The van der Waals surface area contributed by atoms with Crippen LogP contribution < -0.4 is 9.47 Å². The second-order valence-electron chi connectivity index (χ2n) is 7.60. The molecule has 2 saturated heterocycles. The fraction of sp³-hybridized carbons (Fsp3) is 0.381. The SMILES string of the molecule is COc1ccc(F)c(C(=O)Cc2nc3nc(O[C@@H]4CO[C@H]5[C@@H]4OC[C@H]5O)[nH]c3cc2Cl)c1. The summed E-state index contributed by atoms with van der Waals surface area (Å²) in [4.78, 5) is 24.3. The van der Waals surface area contributed by atoms with Crippen LogP contribution >= 0.6 is 11.6 Å². The van der Waals surface area contributed by atoms with E-state index in [4.69, 9.17) is 30.5 Å². The number of H-pyrrole nitrogens is 1. The van der Waals surface area contributed by atoms with Crippen molar-refractivity contribution in [2.75, 3.05) is 20.3 Å². The minimum atomic E-state index is -0.681. The number of pyridine rings is 1. The van der Waals surface area contributed by atoms with Gasteiger partial charge in [-0.1, -0.05) is 11.6 Å². The number of ketones is 1. The van der Waals surface area contributed by atoms with Crippen LogP contribution in [0.25, 0.3) is 11.2 Å². The molecule has 2 fully saturated rings. The summed E-state index contributed by atoms with van der Waals surface area (Å²) in [6.07, 6.45) is -2.15. The van der Waals surface area contributed by atoms with Crippen LogP contribution in [-0.2, 0) is 15.9 Å². The first kappa shape index (κ1) is 21.1. The van der Waals surface area contributed by atoms with Crippen molar-refractivity contribution < 1.29 is 33.2 Å². The molecule has 5 rings (SSSR count). The monoisotopic (exact) mass is 463 g/mol. The van der Waals surface area contributed by atoms with Gasteiger partial charge in [-0.15, -0.1) is 0 Å². The van der Waals surface area contributed by atoms with Crippen molar-refractivity contribution >= 4 is 28.5 Å². The zero-order valence-corrected chi connectivity index (χ0v) is 17.6. The molecule has 2 aliphatic rings. The molecular formula is C21H19ClFN3O6. The van der Waals surface area contributed by atoms with Gasteiger partial charge in [-0.3, -0.25) is 4.79 Å². The molecule has 168 valence electrons. The van der Waals surface area contributed by atoms with Crippen molar-refractivity contribution in [3.8, 4) is 11.8 Å². The molecule has 32 heavy (non-hydrogen) atoms. The molecule has 2 aromatic heterocycles. The highest BCUT2D eigenvalue weighted by molar-refractivity contribution is 6.32. The van der Waals surface area contributed by atoms with Gasteiger partial charge in [0.1, 0.15) is 29.9 Å². The molecule has 0 saturated carbocycles. The Kier molecular flexibility index (Phi) is 5.46. The van der Waals surface area contributed by atoms with Gasteiger partial charge in [0.15, 0.2) is 17.5 Å². The molecule has 9 nitrogen and oxygen atoms in total. The zero-order chi connectivity index (χ0) is 22.4. The van der Waals surface area contributed by atoms with Gasteiger partial charge < -0.3 is 29.0 Å². The molecule has 0 radical (unpaired) electrons. The number of benzene rings is 1. The number of hydrogen-bond donors (Lipinski definition) is 2. The number of ether oxygens (including phenoxy) is 4. The van der Waals surface area contributed by atoms with E-state index in [9.17, 15) is 14.3 Å². The van der Waals surface area contributed by atoms with Crippen molar-refractivity contribution in [2.24, 2.45) is 0 Å². The van der Waals surface area contributed by atoms with Crippen LogP contribution in [0.4, 0.5) is 4.39 Å². The fourth-order valence-corrected chi connectivity index (χ4v) is 4.11. The van der Waals surface area contributed by atoms with Crippen molar-refractivity contribution in [3.63, 3.8) is 0 Å². The van der Waals surface area contributed by atoms with Gasteiger partial charge in [-0.05, 0) is 24.3 Å². The smallest absolute Gasteiger partial charge is 0.296 e. The number of methoxy groups -OCH3 is 1. The number of nitrogens with zero attached hydrogens (tertiary/aromatic N) is 2. The maximum Gasteiger partial charge on any atom is 0.296 e. The Morgan fingerprint density at radius 1 is 1.28 bits per heavy atom. The number of rotatable bonds is 6. The molecular weight excluding hydrogens is 445 g/mol. The number of imidazole rings is 1. The number of hydrogen-bond acceptors (Lipinski definition) is 8. The largest absolute Gasteiger partial charge is 0.497 e. The molecule has 4 heterocycles. The Morgan fingerprint density at radius 3 is 2.91 bits per heavy atom. The lowest BCUT2D eigenvalue weighted by Gasteiger charge is -2.15. The number of carbonyl (C=O) groups is 1. The molecule has 4 atom stereocenters. The first-order valence-corrected chi connectivity index (χ1v) is 10.3. The summed E-state index contributed by atoms with van der Waals surface area (Å²) in [6, 6.07) is 5.71. The Balaban J connectivity index is 1.35. The van der Waals surface area contributed by atoms with Gasteiger partial charge in [-0.2, -0.15) is 4.98 Å². The summed E-state index contributed by atoms with van der Waals surface area (Å²) in [5.41, 5.74) is 0.955. The minimum Gasteiger partial charge on any atom is -0.497 e. The average Bonchev–Trinajstić information content (AvgIpc) is 3.46. The standard InChI is InChI=1S/C21H19ClFN3O6/c1-29-9-2-3-12(23)10(4-9)15(27)6-13-11(22)5-14-20(24-13)26-21(25-14)32-17-8-31-18-16(28)7-30-19(17)18/h2-5,16-19,28H,6-8H2,1H3,(H,24,25,26)/t16-,17-,18-,19-/m1/s1. The van der Waals surface area contributed by atoms with Crippen LogP contribution in [0.5, 0.6) is 11.8 Å². The molecule has 3 aromatic rings. The molecule has 0 unspecified atom stereocenters. The number of aliphatic hydroxyl groups is 1. The van der Waals surface area contributed by atoms with Crippen LogP contribution in [0.15, 0.2) is 24.3 Å². The second-order valence-corrected chi connectivity index (χ2v) is 8.00. The van der Waals surface area contributed by atoms with Crippen LogP contribution in [-0.4, -0.2) is 70.6 Å². The Bertz CT molecular complexity index is 1190. The number of carbonyl (C=O) groups excluding carboxylic acids is 1. The van der Waals surface area contributed by atoms with E-state index in [2.05, 4.69) is 15.0 Å². The van der Waals surface area contributed by atoms with Gasteiger partial charge in [0, 0.05) is 0 Å². The van der Waals surface area contributed by atoms with Crippen LogP contribution in [0.3, 0.4) is 0 Å². The third-order valence-corrected chi connectivity index (χ3v) is 5.85. The predicted octanol–water partition coefficient (Wildman–Crippen LogP) is 2.09. The Morgan fingerprint density at radius 2 is 2.09 bits per heavy atom. The third-order valence-electron chi connectivity index (χ3n) is 5.52. The highest BCUT2D eigenvalue weighted by Crippen LogP contribution is 2.30. The summed E-state index contributed by atoms with van der Waals surface area (Å²) in [6.45, 7) is 0.446. The van der Waals surface area contributed by atoms with Crippen molar-refractivity contribution in [3.05, 3.63) is 46.4 Å². The molecule has 0 aliphatic carbocycles. The van der Waals surface area contributed by atoms with Gasteiger partial charge in [0.2, 0.25) is 0 Å². The van der Waals surface area contributed by atoms with Crippen LogP contribution in [0.1, 0.15) is 16.1 Å². The van der Waals surface area contributed by atoms with Crippen LogP contribution in [0.2, 0.25) is 5.02 Å². The lowest BCUT2D eigenvalue weighted by atomic mass is 10.1. The zero-order valence-electron chi connectivity index (χ0n) is 16.9. The van der Waals surface area contributed by atoms with Crippen molar-refractivity contribution in [2.45, 2.75) is 30.8 Å². The highest BCUT2D eigenvalue weighted by Gasteiger charge is 2.48. The fourth-order valence-electron chi connectivity index (χ4n) is 3.89. The van der Waals surface area contributed by atoms with E-state index in [-0.39, 0.29) is 48.0 Å². The van der Waals surface area contributed by atoms with E-state index >= 15 is 0 Å². The summed E-state index contributed by atoms with van der Waals surface area (Å²) < 4.78 is 36.1. The maximum absolute atomic E-state index is 14.1. The van der Waals surface area contributed by atoms with Crippen molar-refractivity contribution in [1.29, 1.82) is 0 Å². The van der Waals surface area contributed by atoms with E-state index in [0.717, 1.165) is 0 Å². The number of Topliss-reactive ketones (excluding diaryl/α,β-unsaturated/α-hetero) is 1. The number of aliphatic hydroxyl groups excluding tert-OH is 1. The Labute approximate surface area is 186 Å². The summed E-state index contributed by atoms with van der Waals surface area (Å²) in [5, 5.41) is 10.1. The van der Waals surface area contributed by atoms with Gasteiger partial charge >= 0.3 is 0 Å². The number of fused-ring (bicyclic) bond motifs is 2. The number of aromatic amines is 1. The second kappa shape index (κ2) is 8.28. The third kappa shape index (κ3) is 3.79. The lowest BCUT2D eigenvalue weighted by molar-refractivity contribution is 0.00706. The molecule has 1 aromatic carbocycles. The minimum absolute atomic E-state index is 0.108. The summed E-state index contributed by atoms with van der Waals surface area (Å²) in [7, 11) is 1.43. The summed E-state index contributed by atoms with van der Waals surface area (Å²) >= 11 is 6.31. The number of aromatic nitrogens is 3. The maximum atomic E-state index is 14.1. The van der Waals surface area contributed by atoms with E-state index < -0.39 is 29.9 Å². The topological polar surface area (TPSA) is 116 Å². The lowest BCUT2D eigenvalue weighted by Crippen LogP contribution is -2.34. The molecule has 0 spiro atoms. The molecule has 11 heteroatoms. The molecule has 2 N–H and O–H groups in total. The number of halogens is 2. The van der Waals surface area contributed by atoms with Gasteiger partial charge in [0.25, 0.3) is 6.01 Å². The van der Waals surface area contributed by atoms with Gasteiger partial charge in [0.05, 0.1) is 48.5 Å². The van der Waals surface area contributed by atoms with E-state index in [1.165, 1.54) is 25.3 Å². The highest BCUT2D eigenvalue weighted by atomic mass is 35.5. The first-order chi connectivity index (χ1) is 15.4. The van der Waals surface area contributed by atoms with Gasteiger partial charge in [-0.25, -0.2) is 9.37 Å². The normalized spacial score (nSPS) is 24.6. The van der Waals surface area contributed by atoms with E-state index in [1.807, 2.05) is 0 Å². The van der Waals surface area contributed by atoms with Crippen LogP contribution in [0, 0.1) is 5.82 Å². The molecule has 0 amide bonds. The average molecular weight is 464 g/mol. The first-order valence-electron chi connectivity index (χ1n) is 9.92. The number of nitrogens with one attached hydrogen (secondary N) is 1. The van der Waals surface area contributed by atoms with Crippen molar-refractivity contribution in [1.82, 2.24) is 15.0 Å². The Hall–Kier alpha value is -2.79. The molecule has 2 aliphatic heterocycles. The predicted molar refractivity (Wildman–Crippen MR) is 110 cm³/mol.